The predicted octanol–water partition coefficient (Wildman–Crippen LogP) is 32.9. The highest BCUT2D eigenvalue weighted by molar-refractivity contribution is 6.26. The zero-order valence-electron chi connectivity index (χ0n) is 66.3. The van der Waals surface area contributed by atoms with Crippen molar-refractivity contribution in [2.24, 2.45) is 0 Å². The molecule has 118 heavy (non-hydrogen) atoms. The van der Waals surface area contributed by atoms with E-state index in [4.69, 9.17) is 0 Å². The lowest BCUT2D eigenvalue weighted by Gasteiger charge is -2.24. The molecule has 24 rings (SSSR count). The lowest BCUT2D eigenvalue weighted by molar-refractivity contribution is 0.666. The molecule has 0 nitrogen and oxygen atoms in total. The molecule has 0 heteroatoms. The minimum atomic E-state index is -0.143. The summed E-state index contributed by atoms with van der Waals surface area (Å²) in [5, 5.41) is 25.8. The summed E-state index contributed by atoms with van der Waals surface area (Å²) >= 11 is 0. The Morgan fingerprint density at radius 3 is 0.712 bits per heavy atom. The Labute approximate surface area is 687 Å². The van der Waals surface area contributed by atoms with Gasteiger partial charge < -0.3 is 0 Å². The summed E-state index contributed by atoms with van der Waals surface area (Å²) in [6.45, 7) is 9.63. The van der Waals surface area contributed by atoms with E-state index in [9.17, 15) is 0 Å². The van der Waals surface area contributed by atoms with Gasteiger partial charge in [0.25, 0.3) is 0 Å². The van der Waals surface area contributed by atoms with Gasteiger partial charge in [0, 0.05) is 10.8 Å². The highest BCUT2D eigenvalue weighted by atomic mass is 14.4. The van der Waals surface area contributed by atoms with E-state index in [1.165, 1.54) is 241 Å². The molecule has 0 saturated heterocycles. The summed E-state index contributed by atoms with van der Waals surface area (Å²) < 4.78 is 0. The molecule has 2 aliphatic carbocycles. The Morgan fingerprint density at radius 2 is 0.347 bits per heavy atom. The van der Waals surface area contributed by atoms with E-state index < -0.39 is 0 Å². The summed E-state index contributed by atoms with van der Waals surface area (Å²) in [7, 11) is 0. The van der Waals surface area contributed by atoms with E-state index in [0.29, 0.717) is 0 Å². The van der Waals surface area contributed by atoms with Gasteiger partial charge in [-0.15, -0.1) is 0 Å². The van der Waals surface area contributed by atoms with E-state index in [2.05, 4.69) is 440 Å². The fourth-order valence-corrected chi connectivity index (χ4v) is 21.3. The van der Waals surface area contributed by atoms with Gasteiger partial charge in [-0.25, -0.2) is 0 Å². The number of hydrogen-bond acceptors (Lipinski definition) is 0. The van der Waals surface area contributed by atoms with Gasteiger partial charge in [0.05, 0.1) is 0 Å². The molecule has 0 bridgehead atoms. The summed E-state index contributed by atoms with van der Waals surface area (Å²) in [6, 6.07) is 153. The minimum absolute atomic E-state index is 0.139. The van der Waals surface area contributed by atoms with Gasteiger partial charge in [-0.2, -0.15) is 0 Å². The van der Waals surface area contributed by atoms with E-state index in [0.717, 1.165) is 0 Å². The minimum Gasteiger partial charge on any atom is -0.0616 e. The zero-order valence-corrected chi connectivity index (χ0v) is 66.3. The first-order chi connectivity index (χ1) is 58.1. The smallest absolute Gasteiger partial charge is 0.0165 e. The Bertz CT molecular complexity index is 7820. The van der Waals surface area contributed by atoms with Gasteiger partial charge in [-0.05, 0) is 241 Å². The summed E-state index contributed by atoms with van der Waals surface area (Å²) in [4.78, 5) is 0. The average molecular weight is 1500 g/mol. The fraction of sp³-hybridized carbons (Fsp3) is 0.0508. The fourth-order valence-electron chi connectivity index (χ4n) is 21.3. The van der Waals surface area contributed by atoms with Gasteiger partial charge in [0.15, 0.2) is 0 Å². The number of hydrogen-bond donors (Lipinski definition) is 0. The van der Waals surface area contributed by atoms with Crippen molar-refractivity contribution in [3.05, 3.63) is 435 Å². The summed E-state index contributed by atoms with van der Waals surface area (Å²) in [5.41, 5.74) is 31.0. The van der Waals surface area contributed by atoms with Crippen molar-refractivity contribution in [2.45, 2.75) is 38.5 Å². The van der Waals surface area contributed by atoms with Crippen LogP contribution in [-0.4, -0.2) is 0 Å². The van der Waals surface area contributed by atoms with Crippen LogP contribution in [0.3, 0.4) is 0 Å². The Kier molecular flexibility index (Phi) is 15.8. The number of fused-ring (bicyclic) bond motifs is 22. The normalized spacial score (nSPS) is 13.1. The van der Waals surface area contributed by atoms with Crippen LogP contribution in [0.5, 0.6) is 0 Å². The maximum absolute atomic E-state index is 2.41. The third-order valence-corrected chi connectivity index (χ3v) is 26.5. The molecule has 0 heterocycles. The monoisotopic (exact) mass is 1500 g/mol. The van der Waals surface area contributed by atoms with E-state index in [1.807, 2.05) is 0 Å². The van der Waals surface area contributed by atoms with Crippen LogP contribution < -0.4 is 0 Å². The van der Waals surface area contributed by atoms with Crippen LogP contribution in [0.2, 0.25) is 0 Å². The van der Waals surface area contributed by atoms with Gasteiger partial charge in [0.1, 0.15) is 0 Å². The van der Waals surface area contributed by atoms with Crippen molar-refractivity contribution in [3.63, 3.8) is 0 Å². The largest absolute Gasteiger partial charge is 0.0616 e. The second kappa shape index (κ2) is 27.0. The molecule has 0 amide bonds. The Balaban J connectivity index is 0.000000138. The second-order valence-electron chi connectivity index (χ2n) is 33.4. The first-order valence-corrected chi connectivity index (χ1v) is 41.5. The number of benzene rings is 22. The lowest BCUT2D eigenvalue weighted by Crippen LogP contribution is -2.15. The molecule has 0 unspecified atom stereocenters. The third-order valence-electron chi connectivity index (χ3n) is 26.5. The molecule has 0 aliphatic heterocycles. The van der Waals surface area contributed by atoms with Crippen LogP contribution in [0.15, 0.2) is 413 Å². The Hall–Kier alpha value is -14.6. The predicted molar refractivity (Wildman–Crippen MR) is 507 cm³/mol. The summed E-state index contributed by atoms with van der Waals surface area (Å²) in [6.07, 6.45) is 0. The lowest BCUT2D eigenvalue weighted by atomic mass is 9.79. The van der Waals surface area contributed by atoms with Gasteiger partial charge in [-0.3, -0.25) is 0 Å². The van der Waals surface area contributed by atoms with Gasteiger partial charge in [0.2, 0.25) is 0 Å². The van der Waals surface area contributed by atoms with E-state index in [1.54, 1.807) is 0 Å². The zero-order chi connectivity index (χ0) is 78.5. The quantitative estimate of drug-likeness (QED) is 0.105. The summed E-state index contributed by atoms with van der Waals surface area (Å²) in [5.74, 6) is 0. The van der Waals surface area contributed by atoms with Crippen LogP contribution in [-0.2, 0) is 10.8 Å². The molecule has 0 atom stereocenters. The SMILES string of the molecule is CC1(C)c2cccc(-c3ccc(-c4c5ccccc5c(-c5ccc(-c6cccc7ccccc67)cc5)c5ccccc45)cc3)c2-c2c1c1ccccc1c1ccccc21.CC1(C)c2cccc(-c3ccc(-c4c5ccccc5c(-c5ccccc5-c5cccc6ccccc56)c5ccccc45)cc3)c2-c2c1c1ccccc1c1ccccc21. The van der Waals surface area contributed by atoms with Crippen LogP contribution in [0.4, 0.5) is 0 Å². The molecular formula is C118H80. The van der Waals surface area contributed by atoms with Crippen LogP contribution in [0, 0.1) is 0 Å². The Morgan fingerprint density at radius 1 is 0.127 bits per heavy atom. The molecule has 0 fully saturated rings. The van der Waals surface area contributed by atoms with Crippen molar-refractivity contribution in [2.75, 3.05) is 0 Å². The number of rotatable bonds is 8. The molecule has 22 aromatic rings. The molecule has 2 aliphatic rings. The second-order valence-corrected chi connectivity index (χ2v) is 33.4. The third kappa shape index (κ3) is 10.5. The molecule has 0 spiro atoms. The van der Waals surface area contributed by atoms with Gasteiger partial charge in [-0.1, -0.05) is 440 Å². The molecule has 0 radical (unpaired) electrons. The van der Waals surface area contributed by atoms with Crippen molar-refractivity contribution in [1.82, 2.24) is 0 Å². The molecule has 22 aromatic carbocycles. The standard InChI is InChI=1S/2C59H40/c1-59(2)53-32-16-30-41(56(53)57-47-24-9-6-21-44(47)45-22-7-14-29-52(45)58(57)59)38-33-35-39(36-34-38)54-48-25-10-12-27-50(48)55(51-28-13-11-26-49(51)54)46-23-8-5-20-43(46)42-31-15-18-37-17-3-4-19-40(37)42;1-59(2)53-28-14-27-44(56(53)57-47-20-7-5-18-45(47)46-19-6-12-25-52(46)58(57)59)39-31-35-41(36-32-39)55-50-23-10-8-21-48(50)54(49-22-9-11-24-51(49)55)40-33-29-38(30-34-40)43-26-13-16-37-15-3-4-17-42(37)43/h2*3-36H,1-2H3. The van der Waals surface area contributed by atoms with Crippen LogP contribution in [0.25, 0.3) is 219 Å². The van der Waals surface area contributed by atoms with E-state index >= 15 is 0 Å². The first-order valence-electron chi connectivity index (χ1n) is 41.5. The van der Waals surface area contributed by atoms with E-state index in [-0.39, 0.29) is 10.8 Å². The topological polar surface area (TPSA) is 0 Å². The average Bonchev–Trinajstić information content (AvgIpc) is 1.53. The molecule has 0 N–H and O–H groups in total. The van der Waals surface area contributed by atoms with Crippen molar-refractivity contribution < 1.29 is 0 Å². The highest BCUT2D eigenvalue weighted by Gasteiger charge is 2.42. The molecular weight excluding hydrogens is 1420 g/mol. The maximum atomic E-state index is 2.41. The van der Waals surface area contributed by atoms with Crippen molar-refractivity contribution in [1.29, 1.82) is 0 Å². The molecule has 0 aromatic heterocycles. The first kappa shape index (κ1) is 69.0. The van der Waals surface area contributed by atoms with Crippen LogP contribution >= 0.6 is 0 Å². The van der Waals surface area contributed by atoms with Crippen LogP contribution in [0.1, 0.15) is 49.9 Å². The molecule has 0 saturated carbocycles. The molecule has 552 valence electrons. The maximum Gasteiger partial charge on any atom is 0.0165 e. The van der Waals surface area contributed by atoms with Crippen molar-refractivity contribution in [3.8, 4) is 111 Å². The van der Waals surface area contributed by atoms with Crippen molar-refractivity contribution >= 4 is 108 Å². The van der Waals surface area contributed by atoms with Gasteiger partial charge >= 0.3 is 0 Å². The highest BCUT2D eigenvalue weighted by Crippen LogP contribution is 2.60.